The number of aromatic nitrogens is 1. The SMILES string of the molecule is CCS(=O)(=O)c1ccc2c(c1)-c1cn(C)c(=O)cc1OCCCCc1cc(Cl)ccc1O2. The van der Waals surface area contributed by atoms with E-state index < -0.39 is 9.84 Å². The smallest absolute Gasteiger partial charge is 0.254 e. The molecule has 0 aliphatic carbocycles. The summed E-state index contributed by atoms with van der Waals surface area (Å²) < 4.78 is 38.9. The van der Waals surface area contributed by atoms with Crippen molar-refractivity contribution < 1.29 is 17.9 Å². The molecular formula is C24H24ClNO5S. The molecule has 0 saturated carbocycles. The summed E-state index contributed by atoms with van der Waals surface area (Å²) in [5.41, 5.74) is 1.88. The molecule has 8 heteroatoms. The lowest BCUT2D eigenvalue weighted by molar-refractivity contribution is 0.306. The molecule has 0 atom stereocenters. The summed E-state index contributed by atoms with van der Waals surface area (Å²) in [6.07, 6.45) is 4.03. The Balaban J connectivity index is 1.98. The second-order valence-electron chi connectivity index (χ2n) is 7.72. The van der Waals surface area contributed by atoms with Crippen LogP contribution in [0, 0.1) is 0 Å². The van der Waals surface area contributed by atoms with Crippen LogP contribution >= 0.6 is 11.6 Å². The monoisotopic (exact) mass is 473 g/mol. The zero-order chi connectivity index (χ0) is 22.9. The van der Waals surface area contributed by atoms with Crippen molar-refractivity contribution in [3.8, 4) is 28.4 Å². The summed E-state index contributed by atoms with van der Waals surface area (Å²) in [5, 5.41) is 0.626. The van der Waals surface area contributed by atoms with Crippen LogP contribution < -0.4 is 15.0 Å². The van der Waals surface area contributed by atoms with E-state index in [1.807, 2.05) is 12.1 Å². The van der Waals surface area contributed by atoms with Gasteiger partial charge in [-0.25, -0.2) is 8.42 Å². The van der Waals surface area contributed by atoms with Gasteiger partial charge in [0, 0.05) is 35.5 Å². The molecule has 0 unspecified atom stereocenters. The van der Waals surface area contributed by atoms with E-state index in [0.29, 0.717) is 40.0 Å². The Morgan fingerprint density at radius 3 is 2.56 bits per heavy atom. The zero-order valence-corrected chi connectivity index (χ0v) is 19.5. The molecule has 0 N–H and O–H groups in total. The second-order valence-corrected chi connectivity index (χ2v) is 10.4. The highest BCUT2D eigenvalue weighted by atomic mass is 35.5. The Hall–Kier alpha value is -2.77. The molecule has 168 valence electrons. The normalized spacial score (nSPS) is 14.0. The van der Waals surface area contributed by atoms with Gasteiger partial charge in [-0.1, -0.05) is 18.5 Å². The van der Waals surface area contributed by atoms with Crippen LogP contribution in [-0.2, 0) is 23.3 Å². The Morgan fingerprint density at radius 1 is 1.00 bits per heavy atom. The molecule has 1 aliphatic rings. The molecule has 0 fully saturated rings. The lowest BCUT2D eigenvalue weighted by Gasteiger charge is -2.19. The topological polar surface area (TPSA) is 74.6 Å². The van der Waals surface area contributed by atoms with E-state index in [2.05, 4.69) is 0 Å². The van der Waals surface area contributed by atoms with Crippen LogP contribution in [0.2, 0.25) is 5.02 Å². The van der Waals surface area contributed by atoms with E-state index in [1.54, 1.807) is 44.4 Å². The standard InChI is InChI=1S/C24H24ClNO5S/c1-3-32(28,29)18-8-10-22-19(13-18)20-15-26(2)24(27)14-23(20)30-11-5-4-6-16-12-17(25)7-9-21(16)31-22/h7-10,12-15H,3-6,11H2,1-2H3. The van der Waals surface area contributed by atoms with Crippen molar-refractivity contribution in [1.29, 1.82) is 0 Å². The van der Waals surface area contributed by atoms with Crippen molar-refractivity contribution in [1.82, 2.24) is 4.57 Å². The van der Waals surface area contributed by atoms with Crippen molar-refractivity contribution in [3.05, 3.63) is 69.6 Å². The molecule has 4 rings (SSSR count). The highest BCUT2D eigenvalue weighted by Crippen LogP contribution is 2.41. The van der Waals surface area contributed by atoms with Gasteiger partial charge in [0.05, 0.1) is 17.3 Å². The predicted molar refractivity (Wildman–Crippen MR) is 125 cm³/mol. The minimum atomic E-state index is -3.45. The van der Waals surface area contributed by atoms with E-state index >= 15 is 0 Å². The lowest BCUT2D eigenvalue weighted by atomic mass is 10.0. The van der Waals surface area contributed by atoms with E-state index in [4.69, 9.17) is 21.1 Å². The van der Waals surface area contributed by atoms with Crippen LogP contribution in [0.1, 0.15) is 25.3 Å². The minimum absolute atomic E-state index is 0.0232. The van der Waals surface area contributed by atoms with Crippen molar-refractivity contribution in [2.24, 2.45) is 7.05 Å². The van der Waals surface area contributed by atoms with Crippen LogP contribution in [0.15, 0.2) is 58.4 Å². The van der Waals surface area contributed by atoms with Crippen LogP contribution in [0.25, 0.3) is 11.1 Å². The molecular weight excluding hydrogens is 450 g/mol. The summed E-state index contributed by atoms with van der Waals surface area (Å²) >= 11 is 6.21. The Morgan fingerprint density at radius 2 is 1.78 bits per heavy atom. The number of aryl methyl sites for hydroxylation is 2. The van der Waals surface area contributed by atoms with Gasteiger partial charge in [0.1, 0.15) is 17.2 Å². The van der Waals surface area contributed by atoms with Crippen molar-refractivity contribution in [2.75, 3.05) is 12.4 Å². The number of hydrogen-bond donors (Lipinski definition) is 0. The van der Waals surface area contributed by atoms with Gasteiger partial charge in [-0.15, -0.1) is 0 Å². The van der Waals surface area contributed by atoms with Crippen LogP contribution in [0.5, 0.6) is 17.2 Å². The van der Waals surface area contributed by atoms with E-state index in [9.17, 15) is 13.2 Å². The maximum absolute atomic E-state index is 12.6. The number of pyridine rings is 1. The number of nitrogens with zero attached hydrogens (tertiary/aromatic N) is 1. The second kappa shape index (κ2) is 9.00. The molecule has 0 spiro atoms. The predicted octanol–water partition coefficient (Wildman–Crippen LogP) is 5.01. The molecule has 0 amide bonds. The Bertz CT molecular complexity index is 1330. The molecule has 0 saturated heterocycles. The molecule has 1 aliphatic heterocycles. The first-order valence-corrected chi connectivity index (χ1v) is 12.5. The van der Waals surface area contributed by atoms with Crippen molar-refractivity contribution in [3.63, 3.8) is 0 Å². The molecule has 6 nitrogen and oxygen atoms in total. The number of ether oxygens (including phenoxy) is 2. The maximum atomic E-state index is 12.6. The van der Waals surface area contributed by atoms with Crippen LogP contribution in [0.3, 0.4) is 0 Å². The van der Waals surface area contributed by atoms with Crippen LogP contribution in [-0.4, -0.2) is 25.3 Å². The number of fused-ring (bicyclic) bond motifs is 4. The van der Waals surface area contributed by atoms with Gasteiger partial charge in [0.2, 0.25) is 0 Å². The fraction of sp³-hybridized carbons (Fsp3) is 0.292. The quantitative estimate of drug-likeness (QED) is 0.523. The molecule has 1 aromatic heterocycles. The molecule has 32 heavy (non-hydrogen) atoms. The van der Waals surface area contributed by atoms with Gasteiger partial charge in [-0.2, -0.15) is 0 Å². The van der Waals surface area contributed by atoms with E-state index in [0.717, 1.165) is 24.8 Å². The Kier molecular flexibility index (Phi) is 6.31. The zero-order valence-electron chi connectivity index (χ0n) is 17.9. The van der Waals surface area contributed by atoms with Gasteiger partial charge >= 0.3 is 0 Å². The summed E-state index contributed by atoms with van der Waals surface area (Å²) in [7, 11) is -1.81. The first-order chi connectivity index (χ1) is 15.3. The van der Waals surface area contributed by atoms with Crippen molar-refractivity contribution >= 4 is 21.4 Å². The van der Waals surface area contributed by atoms with E-state index in [-0.39, 0.29) is 16.2 Å². The highest BCUT2D eigenvalue weighted by Gasteiger charge is 2.21. The molecule has 2 aromatic carbocycles. The maximum Gasteiger partial charge on any atom is 0.254 e. The summed E-state index contributed by atoms with van der Waals surface area (Å²) in [6, 6.07) is 11.7. The highest BCUT2D eigenvalue weighted by molar-refractivity contribution is 7.91. The number of halogens is 1. The minimum Gasteiger partial charge on any atom is -0.493 e. The molecule has 2 heterocycles. The van der Waals surface area contributed by atoms with Crippen molar-refractivity contribution in [2.45, 2.75) is 31.1 Å². The molecule has 0 bridgehead atoms. The first kappa shape index (κ1) is 22.4. The average Bonchev–Trinajstić information content (AvgIpc) is 2.76. The summed E-state index contributed by atoms with van der Waals surface area (Å²) in [6.45, 7) is 2.03. The fourth-order valence-corrected chi connectivity index (χ4v) is 4.76. The van der Waals surface area contributed by atoms with E-state index in [1.165, 1.54) is 10.6 Å². The number of rotatable bonds is 2. The lowest BCUT2D eigenvalue weighted by Crippen LogP contribution is -2.16. The third-order valence-corrected chi connectivity index (χ3v) is 7.48. The summed E-state index contributed by atoms with van der Waals surface area (Å²) in [5.74, 6) is 1.51. The largest absolute Gasteiger partial charge is 0.493 e. The third kappa shape index (κ3) is 4.54. The van der Waals surface area contributed by atoms with Gasteiger partial charge in [0.25, 0.3) is 5.56 Å². The number of benzene rings is 2. The fourth-order valence-electron chi connectivity index (χ4n) is 3.66. The van der Waals surface area contributed by atoms with Gasteiger partial charge in [-0.3, -0.25) is 4.79 Å². The number of sulfone groups is 1. The van der Waals surface area contributed by atoms with Gasteiger partial charge in [-0.05, 0) is 61.2 Å². The Labute approximate surface area is 192 Å². The van der Waals surface area contributed by atoms with Gasteiger partial charge in [0.15, 0.2) is 9.84 Å². The first-order valence-electron chi connectivity index (χ1n) is 10.5. The average molecular weight is 474 g/mol. The van der Waals surface area contributed by atoms with Crippen LogP contribution in [0.4, 0.5) is 0 Å². The molecule has 0 radical (unpaired) electrons. The number of hydrogen-bond acceptors (Lipinski definition) is 5. The summed E-state index contributed by atoms with van der Waals surface area (Å²) in [4.78, 5) is 12.5. The molecule has 3 aromatic rings. The third-order valence-electron chi connectivity index (χ3n) is 5.51. The van der Waals surface area contributed by atoms with Gasteiger partial charge < -0.3 is 14.0 Å².